The number of benzene rings is 1. The van der Waals surface area contributed by atoms with Gasteiger partial charge in [0, 0.05) is 11.3 Å². The van der Waals surface area contributed by atoms with Crippen molar-refractivity contribution < 1.29 is 4.79 Å². The second-order valence-corrected chi connectivity index (χ2v) is 5.08. The average molecular weight is 283 g/mol. The molecule has 0 bridgehead atoms. The van der Waals surface area contributed by atoms with Crippen molar-refractivity contribution in [3.63, 3.8) is 0 Å². The number of pyridine rings is 1. The molecule has 0 saturated heterocycles. The predicted molar refractivity (Wildman–Crippen MR) is 79.7 cm³/mol. The van der Waals surface area contributed by atoms with Crippen LogP contribution in [0.15, 0.2) is 42.5 Å². The zero-order valence-electron chi connectivity index (χ0n) is 11.2. The summed E-state index contributed by atoms with van der Waals surface area (Å²) in [5.41, 5.74) is 3.29. The molecule has 0 atom stereocenters. The highest BCUT2D eigenvalue weighted by Crippen LogP contribution is 2.11. The third kappa shape index (κ3) is 1.96. The first-order chi connectivity index (χ1) is 9.58. The van der Waals surface area contributed by atoms with Gasteiger partial charge >= 0.3 is 0 Å². The van der Waals surface area contributed by atoms with Crippen molar-refractivity contribution in [2.75, 3.05) is 0 Å². The molecule has 0 aliphatic carbocycles. The fraction of sp³-hybridized carbons (Fsp3) is 0.133. The van der Waals surface area contributed by atoms with Gasteiger partial charge in [0.05, 0.1) is 0 Å². The van der Waals surface area contributed by atoms with Gasteiger partial charge in [0.1, 0.15) is 0 Å². The molecule has 1 aromatic carbocycles. The summed E-state index contributed by atoms with van der Waals surface area (Å²) in [5, 5.41) is 0. The summed E-state index contributed by atoms with van der Waals surface area (Å²) in [6, 6.07) is 13.1. The Morgan fingerprint density at radius 3 is 2.50 bits per heavy atom. The molecule has 100 valence electrons. The smallest absolute Gasteiger partial charge is 0.267 e. The van der Waals surface area contributed by atoms with Crippen molar-refractivity contribution in [3.8, 4) is 0 Å². The first kappa shape index (κ1) is 12.7. The van der Waals surface area contributed by atoms with Gasteiger partial charge in [-0.2, -0.15) is 9.67 Å². The highest BCUT2D eigenvalue weighted by molar-refractivity contribution is 7.71. The van der Waals surface area contributed by atoms with Gasteiger partial charge in [0.2, 0.25) is 4.77 Å². The maximum atomic E-state index is 12.6. The van der Waals surface area contributed by atoms with Crippen molar-refractivity contribution in [3.05, 3.63) is 64.1 Å². The highest BCUT2D eigenvalue weighted by Gasteiger charge is 2.15. The molecular formula is C15H13N3OS. The van der Waals surface area contributed by atoms with Gasteiger partial charge < -0.3 is 0 Å². The quantitative estimate of drug-likeness (QED) is 0.644. The summed E-state index contributed by atoms with van der Waals surface area (Å²) >= 11 is 5.22. The Morgan fingerprint density at radius 2 is 1.80 bits per heavy atom. The molecule has 0 aliphatic rings. The first-order valence-electron chi connectivity index (χ1n) is 6.27. The fourth-order valence-corrected chi connectivity index (χ4v) is 2.43. The van der Waals surface area contributed by atoms with Crippen molar-refractivity contribution in [2.45, 2.75) is 13.8 Å². The number of hydrogen-bond donors (Lipinski definition) is 0. The molecule has 20 heavy (non-hydrogen) atoms. The summed E-state index contributed by atoms with van der Waals surface area (Å²) in [5.74, 6) is -0.170. The SMILES string of the molecule is Cc1ccc(C(=O)n2c(=S)nc3cccc(C)n32)cc1. The summed E-state index contributed by atoms with van der Waals surface area (Å²) in [7, 11) is 0. The van der Waals surface area contributed by atoms with Crippen LogP contribution in [0.1, 0.15) is 21.6 Å². The van der Waals surface area contributed by atoms with E-state index in [1.807, 2.05) is 44.2 Å². The molecule has 4 nitrogen and oxygen atoms in total. The Labute approximate surface area is 121 Å². The van der Waals surface area contributed by atoms with Gasteiger partial charge in [-0.15, -0.1) is 0 Å². The average Bonchev–Trinajstić information content (AvgIpc) is 2.76. The lowest BCUT2D eigenvalue weighted by atomic mass is 10.1. The Hall–Kier alpha value is -2.27. The van der Waals surface area contributed by atoms with Crippen molar-refractivity contribution in [1.29, 1.82) is 0 Å². The summed E-state index contributed by atoms with van der Waals surface area (Å²) in [6.07, 6.45) is 0. The van der Waals surface area contributed by atoms with Gasteiger partial charge in [-0.3, -0.25) is 4.79 Å². The molecule has 0 fully saturated rings. The molecule has 0 amide bonds. The number of carbonyl (C=O) groups is 1. The minimum absolute atomic E-state index is 0.170. The van der Waals surface area contributed by atoms with Crippen LogP contribution in [-0.4, -0.2) is 20.1 Å². The maximum absolute atomic E-state index is 12.6. The van der Waals surface area contributed by atoms with Crippen molar-refractivity contribution in [1.82, 2.24) is 14.2 Å². The number of carbonyl (C=O) groups excluding carboxylic acids is 1. The monoisotopic (exact) mass is 283 g/mol. The van der Waals surface area contributed by atoms with Gasteiger partial charge in [0.15, 0.2) is 5.65 Å². The summed E-state index contributed by atoms with van der Waals surface area (Å²) in [4.78, 5) is 16.9. The van der Waals surface area contributed by atoms with E-state index < -0.39 is 0 Å². The second-order valence-electron chi connectivity index (χ2n) is 4.71. The Balaban J connectivity index is 2.24. The highest BCUT2D eigenvalue weighted by atomic mass is 32.1. The second kappa shape index (κ2) is 4.68. The fourth-order valence-electron chi connectivity index (χ4n) is 2.17. The lowest BCUT2D eigenvalue weighted by Crippen LogP contribution is -2.18. The van der Waals surface area contributed by atoms with Gasteiger partial charge in [-0.1, -0.05) is 23.8 Å². The van der Waals surface area contributed by atoms with Crippen molar-refractivity contribution >= 4 is 23.8 Å². The Kier molecular flexibility index (Phi) is 2.99. The molecule has 2 heterocycles. The zero-order valence-corrected chi connectivity index (χ0v) is 12.0. The third-order valence-electron chi connectivity index (χ3n) is 3.22. The number of rotatable bonds is 1. The van der Waals surface area contributed by atoms with Crippen LogP contribution in [0.4, 0.5) is 0 Å². The number of fused-ring (bicyclic) bond motifs is 1. The van der Waals surface area contributed by atoms with E-state index >= 15 is 0 Å². The standard InChI is InChI=1S/C15H13N3OS/c1-10-6-8-12(9-7-10)14(19)18-15(20)16-13-5-3-4-11(2)17(13)18/h3-9H,1-2H3. The molecule has 3 rings (SSSR count). The van der Waals surface area contributed by atoms with Crippen LogP contribution in [0.25, 0.3) is 5.65 Å². The van der Waals surface area contributed by atoms with E-state index in [1.54, 1.807) is 16.6 Å². The van der Waals surface area contributed by atoms with Crippen LogP contribution in [0, 0.1) is 18.6 Å². The normalized spacial score (nSPS) is 10.9. The van der Waals surface area contributed by atoms with Gasteiger partial charge in [0.25, 0.3) is 5.91 Å². The topological polar surface area (TPSA) is 39.3 Å². The number of hydrogen-bond acceptors (Lipinski definition) is 3. The molecule has 0 N–H and O–H groups in total. The largest absolute Gasteiger partial charge is 0.279 e. The molecule has 2 aromatic heterocycles. The first-order valence-corrected chi connectivity index (χ1v) is 6.67. The van der Waals surface area contributed by atoms with E-state index in [9.17, 15) is 4.79 Å². The van der Waals surface area contributed by atoms with Gasteiger partial charge in [-0.25, -0.2) is 4.52 Å². The minimum Gasteiger partial charge on any atom is -0.267 e. The predicted octanol–water partition coefficient (Wildman–Crippen LogP) is 3.17. The Bertz CT molecular complexity index is 859. The van der Waals surface area contributed by atoms with E-state index in [0.29, 0.717) is 11.2 Å². The van der Waals surface area contributed by atoms with E-state index in [0.717, 1.165) is 11.3 Å². The summed E-state index contributed by atoms with van der Waals surface area (Å²) < 4.78 is 3.44. The lowest BCUT2D eigenvalue weighted by Gasteiger charge is -2.07. The van der Waals surface area contributed by atoms with Crippen LogP contribution in [0.3, 0.4) is 0 Å². The van der Waals surface area contributed by atoms with Crippen LogP contribution in [-0.2, 0) is 0 Å². The molecule has 0 spiro atoms. The molecule has 0 unspecified atom stereocenters. The van der Waals surface area contributed by atoms with Crippen LogP contribution in [0.5, 0.6) is 0 Å². The van der Waals surface area contributed by atoms with Crippen LogP contribution < -0.4 is 0 Å². The maximum Gasteiger partial charge on any atom is 0.279 e. The molecule has 5 heteroatoms. The summed E-state index contributed by atoms with van der Waals surface area (Å²) in [6.45, 7) is 3.90. The number of aryl methyl sites for hydroxylation is 2. The van der Waals surface area contributed by atoms with Crippen LogP contribution >= 0.6 is 12.2 Å². The molecule has 3 aromatic rings. The van der Waals surface area contributed by atoms with Gasteiger partial charge in [-0.05, 0) is 50.3 Å². The number of nitrogens with zero attached hydrogens (tertiary/aromatic N) is 3. The minimum atomic E-state index is -0.170. The molecule has 0 aliphatic heterocycles. The van der Waals surface area contributed by atoms with E-state index in [2.05, 4.69) is 4.98 Å². The van der Waals surface area contributed by atoms with Crippen LogP contribution in [0.2, 0.25) is 0 Å². The lowest BCUT2D eigenvalue weighted by molar-refractivity contribution is 0.0937. The van der Waals surface area contributed by atoms with Crippen molar-refractivity contribution in [2.24, 2.45) is 0 Å². The van der Waals surface area contributed by atoms with E-state index in [4.69, 9.17) is 12.2 Å². The van der Waals surface area contributed by atoms with E-state index in [-0.39, 0.29) is 10.7 Å². The third-order valence-corrected chi connectivity index (χ3v) is 3.48. The zero-order chi connectivity index (χ0) is 14.3. The van der Waals surface area contributed by atoms with E-state index in [1.165, 1.54) is 4.68 Å². The molecule has 0 saturated carbocycles. The molecular weight excluding hydrogens is 270 g/mol. The Morgan fingerprint density at radius 1 is 1.10 bits per heavy atom. The number of aromatic nitrogens is 3. The molecule has 0 radical (unpaired) electrons.